The molecule has 0 atom stereocenters. The monoisotopic (exact) mass is 808 g/mol. The fraction of sp³-hybridized carbons (Fsp3) is 0.955. The number of esters is 2. The minimum absolute atomic E-state index is 0. The number of carbonyl (C=O) groups is 2. The van der Waals surface area contributed by atoms with Crippen LogP contribution in [0.4, 0.5) is 0 Å². The van der Waals surface area contributed by atoms with Crippen molar-refractivity contribution in [2.24, 2.45) is 0 Å². The molecule has 0 saturated heterocycles. The normalized spacial score (nSPS) is 11.8. The lowest BCUT2D eigenvalue weighted by Gasteiger charge is -2.31. The predicted octanol–water partition coefficient (Wildman–Crippen LogP) is 12.6. The van der Waals surface area contributed by atoms with Crippen LogP contribution in [0.3, 0.4) is 0 Å². The van der Waals surface area contributed by atoms with Crippen LogP contribution < -0.4 is 6.15 Å². The molecular formula is C44H89NO9S. The summed E-state index contributed by atoms with van der Waals surface area (Å²) >= 11 is 0. The zero-order valence-corrected chi connectivity index (χ0v) is 37.0. The van der Waals surface area contributed by atoms with Gasteiger partial charge in [-0.3, -0.25) is 13.8 Å². The van der Waals surface area contributed by atoms with Crippen LogP contribution in [0, 0.1) is 0 Å². The molecule has 0 aromatic heterocycles. The molecule has 0 aliphatic carbocycles. The van der Waals surface area contributed by atoms with Crippen LogP contribution in [0.1, 0.15) is 239 Å². The number of aliphatic hydroxyl groups is 1. The Kier molecular flexibility index (Phi) is 41.5. The van der Waals surface area contributed by atoms with Gasteiger partial charge < -0.3 is 20.7 Å². The summed E-state index contributed by atoms with van der Waals surface area (Å²) in [6, 6.07) is 0. The van der Waals surface area contributed by atoms with E-state index in [9.17, 15) is 23.1 Å². The molecule has 10 nitrogen and oxygen atoms in total. The number of aliphatic hydroxyl groups excluding tert-OH is 1. The average Bonchev–Trinajstić information content (AvgIpc) is 3.14. The van der Waals surface area contributed by atoms with Crippen molar-refractivity contribution in [2.45, 2.75) is 244 Å². The maximum absolute atomic E-state index is 12.4. The Morgan fingerprint density at radius 2 is 0.745 bits per heavy atom. The van der Waals surface area contributed by atoms with E-state index >= 15 is 0 Å². The Labute approximate surface area is 339 Å². The van der Waals surface area contributed by atoms with E-state index in [2.05, 4.69) is 18.0 Å². The lowest BCUT2D eigenvalue weighted by atomic mass is 9.93. The Balaban J connectivity index is 0. The first-order valence-electron chi connectivity index (χ1n) is 22.7. The van der Waals surface area contributed by atoms with E-state index in [-0.39, 0.29) is 57.2 Å². The van der Waals surface area contributed by atoms with E-state index in [0.29, 0.717) is 12.8 Å². The zero-order chi connectivity index (χ0) is 39.9. The SMILES string of the molecule is CCCCCCCCCCCCCCCCCC(=O)OCCC(CCO)(CCOC(=O)CCCCCCCCCCCCCCCCC)OS(=O)(=O)OC.N. The van der Waals surface area contributed by atoms with E-state index in [1.807, 2.05) is 0 Å². The Morgan fingerprint density at radius 3 is 1.00 bits per heavy atom. The quantitative estimate of drug-likeness (QED) is 0.0448. The average molecular weight is 808 g/mol. The highest BCUT2D eigenvalue weighted by Gasteiger charge is 2.37. The third kappa shape index (κ3) is 38.0. The largest absolute Gasteiger partial charge is 0.466 e. The summed E-state index contributed by atoms with van der Waals surface area (Å²) in [6.07, 6.45) is 38.1. The fourth-order valence-corrected chi connectivity index (χ4v) is 7.83. The van der Waals surface area contributed by atoms with Gasteiger partial charge in [0.25, 0.3) is 0 Å². The van der Waals surface area contributed by atoms with Gasteiger partial charge in [-0.2, -0.15) is 8.42 Å². The van der Waals surface area contributed by atoms with E-state index < -0.39 is 16.0 Å². The molecule has 0 spiro atoms. The van der Waals surface area contributed by atoms with Crippen LogP contribution in [0.25, 0.3) is 0 Å². The molecule has 0 bridgehead atoms. The molecule has 0 fully saturated rings. The van der Waals surface area contributed by atoms with E-state index in [4.69, 9.17) is 13.7 Å². The first kappa shape index (κ1) is 55.8. The summed E-state index contributed by atoms with van der Waals surface area (Å²) in [4.78, 5) is 24.8. The van der Waals surface area contributed by atoms with Gasteiger partial charge in [0, 0.05) is 38.7 Å². The van der Waals surface area contributed by atoms with Gasteiger partial charge in [0.1, 0.15) is 0 Å². The highest BCUT2D eigenvalue weighted by molar-refractivity contribution is 7.81. The summed E-state index contributed by atoms with van der Waals surface area (Å²) in [5, 5.41) is 9.76. The second-order valence-electron chi connectivity index (χ2n) is 15.7. The highest BCUT2D eigenvalue weighted by Crippen LogP contribution is 2.29. The number of hydrogen-bond donors (Lipinski definition) is 2. The van der Waals surface area contributed by atoms with E-state index in [1.54, 1.807) is 0 Å². The molecule has 0 heterocycles. The molecular weight excluding hydrogens is 719 g/mol. The maximum atomic E-state index is 12.4. The fourth-order valence-electron chi connectivity index (χ4n) is 7.08. The van der Waals surface area contributed by atoms with Gasteiger partial charge in [0.05, 0.1) is 25.9 Å². The number of unbranched alkanes of at least 4 members (excludes halogenated alkanes) is 28. The molecule has 0 radical (unpaired) electrons. The van der Waals surface area contributed by atoms with Crippen LogP contribution in [0.2, 0.25) is 0 Å². The Morgan fingerprint density at radius 1 is 0.473 bits per heavy atom. The van der Waals surface area contributed by atoms with Crippen molar-refractivity contribution < 1.29 is 41.0 Å². The summed E-state index contributed by atoms with van der Waals surface area (Å²) < 4.78 is 45.3. The van der Waals surface area contributed by atoms with Gasteiger partial charge in [0.2, 0.25) is 0 Å². The number of rotatable bonds is 43. The maximum Gasteiger partial charge on any atom is 0.400 e. The minimum atomic E-state index is -4.37. The van der Waals surface area contributed by atoms with Crippen molar-refractivity contribution in [3.05, 3.63) is 0 Å². The van der Waals surface area contributed by atoms with Crippen molar-refractivity contribution in [2.75, 3.05) is 26.9 Å². The van der Waals surface area contributed by atoms with Crippen molar-refractivity contribution in [1.82, 2.24) is 6.15 Å². The smallest absolute Gasteiger partial charge is 0.400 e. The Hall–Kier alpha value is -1.27. The number of hydrogen-bond acceptors (Lipinski definition) is 10. The lowest BCUT2D eigenvalue weighted by Crippen LogP contribution is -2.39. The zero-order valence-electron chi connectivity index (χ0n) is 36.2. The molecule has 0 aromatic rings. The summed E-state index contributed by atoms with van der Waals surface area (Å²) in [5.41, 5.74) is -1.44. The lowest BCUT2D eigenvalue weighted by molar-refractivity contribution is -0.146. The molecule has 0 rings (SSSR count). The molecule has 55 heavy (non-hydrogen) atoms. The predicted molar refractivity (Wildman–Crippen MR) is 227 cm³/mol. The molecule has 0 aromatic carbocycles. The molecule has 0 unspecified atom stereocenters. The van der Waals surface area contributed by atoms with Crippen LogP contribution in [0.15, 0.2) is 0 Å². The molecule has 0 aliphatic heterocycles. The third-order valence-electron chi connectivity index (χ3n) is 10.7. The van der Waals surface area contributed by atoms with Crippen molar-refractivity contribution in [3.63, 3.8) is 0 Å². The molecule has 0 aliphatic rings. The van der Waals surface area contributed by atoms with Gasteiger partial charge >= 0.3 is 22.3 Å². The second-order valence-corrected chi connectivity index (χ2v) is 17.0. The van der Waals surface area contributed by atoms with Gasteiger partial charge in [0.15, 0.2) is 0 Å². The molecule has 0 amide bonds. The van der Waals surface area contributed by atoms with Gasteiger partial charge in [-0.25, -0.2) is 4.18 Å². The number of carbonyl (C=O) groups excluding carboxylic acids is 2. The second kappa shape index (κ2) is 40.9. The van der Waals surface area contributed by atoms with Crippen molar-refractivity contribution in [3.8, 4) is 0 Å². The van der Waals surface area contributed by atoms with Gasteiger partial charge in [-0.15, -0.1) is 0 Å². The first-order chi connectivity index (χ1) is 26.2. The topological polar surface area (TPSA) is 160 Å². The molecule has 11 heteroatoms. The van der Waals surface area contributed by atoms with Crippen molar-refractivity contribution in [1.29, 1.82) is 0 Å². The van der Waals surface area contributed by atoms with E-state index in [1.165, 1.54) is 154 Å². The van der Waals surface area contributed by atoms with Crippen molar-refractivity contribution >= 4 is 22.3 Å². The van der Waals surface area contributed by atoms with Crippen LogP contribution in [-0.4, -0.2) is 58.0 Å². The first-order valence-corrected chi connectivity index (χ1v) is 24.0. The van der Waals surface area contributed by atoms with Crippen LogP contribution in [0.5, 0.6) is 0 Å². The van der Waals surface area contributed by atoms with Crippen LogP contribution in [-0.2, 0) is 37.8 Å². The Bertz CT molecular complexity index is 896. The van der Waals surface area contributed by atoms with E-state index in [0.717, 1.165) is 45.6 Å². The van der Waals surface area contributed by atoms with Gasteiger partial charge in [-0.1, -0.05) is 194 Å². The van der Waals surface area contributed by atoms with Crippen LogP contribution >= 0.6 is 0 Å². The summed E-state index contributed by atoms with van der Waals surface area (Å²) in [7, 11) is -3.37. The summed E-state index contributed by atoms with van der Waals surface area (Å²) in [6.45, 7) is 3.99. The number of ether oxygens (including phenoxy) is 2. The summed E-state index contributed by atoms with van der Waals surface area (Å²) in [5.74, 6) is -0.681. The molecule has 0 saturated carbocycles. The minimum Gasteiger partial charge on any atom is -0.466 e. The molecule has 330 valence electrons. The van der Waals surface area contributed by atoms with Gasteiger partial charge in [-0.05, 0) is 12.8 Å². The standard InChI is InChI=1S/C44H86O9S.H3N/c1-4-6-8-10-12-14-16-18-20-22-24-26-28-30-32-34-42(46)51-40-37-44(36-39-45,53-54(48,49)50-3)38-41-52-43(47)35-33-31-29-27-25-23-21-19-17-15-13-11-9-7-5-2;/h45H,4-41H2,1-3H3;1H3. The molecule has 4 N–H and O–H groups in total. The third-order valence-corrected chi connectivity index (χ3v) is 11.6. The highest BCUT2D eigenvalue weighted by atomic mass is 32.3.